The summed E-state index contributed by atoms with van der Waals surface area (Å²) in [6.45, 7) is 21.1. The highest BCUT2D eigenvalue weighted by Crippen LogP contribution is 2.38. The van der Waals surface area contributed by atoms with Crippen LogP contribution < -0.4 is 5.32 Å². The van der Waals surface area contributed by atoms with Gasteiger partial charge in [0.1, 0.15) is 36.2 Å². The molecule has 0 unspecified atom stereocenters. The van der Waals surface area contributed by atoms with E-state index in [-0.39, 0.29) is 55.9 Å². The van der Waals surface area contributed by atoms with Crippen molar-refractivity contribution in [3.05, 3.63) is 47.6 Å². The molecular weight excluding hydrogens is 1180 g/mol. The van der Waals surface area contributed by atoms with Gasteiger partial charge in [0.15, 0.2) is 5.78 Å². The van der Waals surface area contributed by atoms with Gasteiger partial charge in [-0.05, 0) is 114 Å². The molecule has 2 bridgehead atoms. The molecule has 3 fully saturated rings. The molecule has 2 saturated heterocycles. The Morgan fingerprint density at radius 2 is 1.33 bits per heavy atom. The van der Waals surface area contributed by atoms with E-state index in [4.69, 9.17) is 61.6 Å². The van der Waals surface area contributed by atoms with Crippen LogP contribution in [0.1, 0.15) is 132 Å². The van der Waals surface area contributed by atoms with E-state index in [2.05, 4.69) is 5.32 Å². The first-order valence-electron chi connectivity index (χ1n) is 33.2. The lowest BCUT2D eigenvalue weighted by atomic mass is 9.78. The smallest absolute Gasteiger partial charge is 0.407 e. The standard InChI is InChI=1S/C68H112N2O21/c1-12-82-28-29-84-32-33-86-36-37-88-39-38-87-35-34-85-31-30-83-27-25-69-67(77)90-57-24-22-53(43-60(57)80-10)42-49(5)59-45-56(71)48(4)41-51(7)62(73)63(81-11)61(72)50(6)40-46(2)18-14-13-15-19-47(3)58(79-9)44-54-23-21-52(8)68(78,91-54)64(74)65(75)70-26-17-16-20-55(70)66(76)89-59/h13-15,18-19,41,46,48-50,52-55,57-60,62-63,73,78H,12,16-17,20-40,42-45H2,1-11H3,(H,69,77)/b15-13+,18-14+,47-19+,51-41+/t46-,48-,49-,50-,52-,53+,54+,55+,57-,58+,59+,60-,62-,63+,68-/m1/s1. The summed E-state index contributed by atoms with van der Waals surface area (Å²) in [6, 6.07) is -1.20. The zero-order valence-corrected chi connectivity index (χ0v) is 56.4. The van der Waals surface area contributed by atoms with Gasteiger partial charge in [-0.3, -0.25) is 19.2 Å². The van der Waals surface area contributed by atoms with E-state index < -0.39 is 102 Å². The fraction of sp³-hybridized carbons (Fsp3) is 0.794. The summed E-state index contributed by atoms with van der Waals surface area (Å²) in [5.74, 6) is -8.53. The number of nitrogens with one attached hydrogen (secondary N) is 1. The number of carbonyl (C=O) groups is 6. The molecule has 520 valence electrons. The second-order valence-corrected chi connectivity index (χ2v) is 24.8. The fourth-order valence-electron chi connectivity index (χ4n) is 12.1. The van der Waals surface area contributed by atoms with E-state index in [1.54, 1.807) is 48.0 Å². The molecule has 3 aliphatic heterocycles. The predicted octanol–water partition coefficient (Wildman–Crippen LogP) is 7.05. The van der Waals surface area contributed by atoms with E-state index in [1.807, 2.05) is 58.1 Å². The van der Waals surface area contributed by atoms with Gasteiger partial charge in [0.25, 0.3) is 11.7 Å². The summed E-state index contributed by atoms with van der Waals surface area (Å²) in [6.07, 6.45) is 9.61. The van der Waals surface area contributed by atoms with Gasteiger partial charge >= 0.3 is 12.1 Å². The van der Waals surface area contributed by atoms with Gasteiger partial charge in [-0.1, -0.05) is 71.1 Å². The lowest BCUT2D eigenvalue weighted by molar-refractivity contribution is -0.265. The zero-order valence-electron chi connectivity index (χ0n) is 56.4. The van der Waals surface area contributed by atoms with Crippen LogP contribution >= 0.6 is 0 Å². The third kappa shape index (κ3) is 27.5. The Labute approximate surface area is 541 Å². The molecule has 91 heavy (non-hydrogen) atoms. The molecule has 4 aliphatic rings. The van der Waals surface area contributed by atoms with Crippen molar-refractivity contribution in [1.29, 1.82) is 0 Å². The van der Waals surface area contributed by atoms with E-state index in [0.29, 0.717) is 156 Å². The van der Waals surface area contributed by atoms with Crippen molar-refractivity contribution < 1.29 is 101 Å². The van der Waals surface area contributed by atoms with Crippen molar-refractivity contribution in [2.45, 2.75) is 187 Å². The Morgan fingerprint density at radius 3 is 1.92 bits per heavy atom. The number of piperidine rings is 1. The number of cyclic esters (lactones) is 1. The first kappa shape index (κ1) is 79.1. The second-order valence-electron chi connectivity index (χ2n) is 24.8. The lowest BCUT2D eigenvalue weighted by Gasteiger charge is -2.42. The van der Waals surface area contributed by atoms with Crippen LogP contribution in [0, 0.1) is 35.5 Å². The van der Waals surface area contributed by atoms with Crippen LogP contribution in [-0.4, -0.2) is 232 Å². The molecule has 0 aromatic heterocycles. The van der Waals surface area contributed by atoms with Crippen molar-refractivity contribution in [2.24, 2.45) is 35.5 Å². The van der Waals surface area contributed by atoms with E-state index in [9.17, 15) is 39.0 Å². The minimum atomic E-state index is -2.47. The maximum absolute atomic E-state index is 14.7. The van der Waals surface area contributed by atoms with Gasteiger partial charge in [0.2, 0.25) is 5.79 Å². The molecular formula is C68H112N2O21. The molecule has 1 aliphatic carbocycles. The van der Waals surface area contributed by atoms with Crippen LogP contribution in [0.3, 0.4) is 0 Å². The van der Waals surface area contributed by atoms with E-state index in [0.717, 1.165) is 5.57 Å². The molecule has 23 nitrogen and oxygen atoms in total. The van der Waals surface area contributed by atoms with Crippen LogP contribution in [0.2, 0.25) is 0 Å². The van der Waals surface area contributed by atoms with Crippen molar-refractivity contribution >= 4 is 35.3 Å². The number of carbonyl (C=O) groups excluding carboxylic acids is 6. The molecule has 0 spiro atoms. The average molecular weight is 1290 g/mol. The maximum atomic E-state index is 14.7. The summed E-state index contributed by atoms with van der Waals surface area (Å²) < 4.78 is 74.1. The zero-order chi connectivity index (χ0) is 66.7. The topological polar surface area (TPSA) is 278 Å². The molecule has 1 saturated carbocycles. The fourth-order valence-corrected chi connectivity index (χ4v) is 12.1. The van der Waals surface area contributed by atoms with Crippen molar-refractivity contribution in [3.63, 3.8) is 0 Å². The average Bonchev–Trinajstić information content (AvgIpc) is 1.05. The Bertz CT molecular complexity index is 2300. The second kappa shape index (κ2) is 43.6. The number of ketones is 3. The summed E-state index contributed by atoms with van der Waals surface area (Å²) in [5, 5.41) is 26.4. The number of alkyl carbamates (subject to hydrolysis) is 1. The highest BCUT2D eigenvalue weighted by Gasteiger charge is 2.53. The van der Waals surface area contributed by atoms with Gasteiger partial charge < -0.3 is 82.0 Å². The number of amides is 2. The van der Waals surface area contributed by atoms with Crippen molar-refractivity contribution in [2.75, 3.05) is 127 Å². The lowest BCUT2D eigenvalue weighted by Crippen LogP contribution is -2.61. The number of ether oxygens (including phenoxy) is 13. The van der Waals surface area contributed by atoms with Gasteiger partial charge in [-0.25, -0.2) is 9.59 Å². The number of nitrogens with zero attached hydrogens (tertiary/aromatic N) is 1. The molecule has 0 aromatic rings. The van der Waals surface area contributed by atoms with Gasteiger partial charge in [0, 0.05) is 71.6 Å². The van der Waals surface area contributed by atoms with E-state index >= 15 is 0 Å². The number of hydrogen-bond donors (Lipinski definition) is 3. The molecule has 2 amide bonds. The van der Waals surface area contributed by atoms with Crippen LogP contribution in [0.4, 0.5) is 4.79 Å². The summed E-state index contributed by atoms with van der Waals surface area (Å²) in [5.41, 5.74) is 1.22. The quantitative estimate of drug-likeness (QED) is 0.0293. The minimum Gasteiger partial charge on any atom is -0.460 e. The number of esters is 1. The summed E-state index contributed by atoms with van der Waals surface area (Å²) in [7, 11) is 4.50. The Balaban J connectivity index is 1.38. The third-order valence-electron chi connectivity index (χ3n) is 17.7. The van der Waals surface area contributed by atoms with Crippen LogP contribution in [0.25, 0.3) is 0 Å². The largest absolute Gasteiger partial charge is 0.460 e. The predicted molar refractivity (Wildman–Crippen MR) is 339 cm³/mol. The number of methoxy groups -OCH3 is 3. The van der Waals surface area contributed by atoms with Crippen molar-refractivity contribution in [1.82, 2.24) is 10.2 Å². The number of aliphatic hydroxyl groups excluding tert-OH is 1. The normalized spacial score (nSPS) is 32.2. The van der Waals surface area contributed by atoms with Crippen LogP contribution in [-0.2, 0) is 85.6 Å². The van der Waals surface area contributed by atoms with Gasteiger partial charge in [-0.15, -0.1) is 0 Å². The number of Topliss-reactive ketones (excluding diaryl/α,β-unsaturated/α-hetero) is 3. The highest BCUT2D eigenvalue weighted by molar-refractivity contribution is 6.39. The number of allylic oxidation sites excluding steroid dienone is 6. The van der Waals surface area contributed by atoms with E-state index in [1.165, 1.54) is 12.0 Å². The third-order valence-corrected chi connectivity index (χ3v) is 17.7. The monoisotopic (exact) mass is 1290 g/mol. The highest BCUT2D eigenvalue weighted by atomic mass is 16.6. The van der Waals surface area contributed by atoms with Gasteiger partial charge in [-0.2, -0.15) is 0 Å². The molecule has 4 rings (SSSR count). The van der Waals surface area contributed by atoms with Crippen LogP contribution in [0.15, 0.2) is 47.6 Å². The number of aliphatic hydroxyl groups is 2. The number of hydrogen-bond acceptors (Lipinski definition) is 21. The maximum Gasteiger partial charge on any atom is 0.407 e. The van der Waals surface area contributed by atoms with Crippen molar-refractivity contribution in [3.8, 4) is 0 Å². The first-order chi connectivity index (χ1) is 43.7. The molecule has 15 atom stereocenters. The number of fused-ring (bicyclic) bond motifs is 3. The molecule has 23 heteroatoms. The Hall–Kier alpha value is -4.34. The summed E-state index contributed by atoms with van der Waals surface area (Å²) >= 11 is 0. The molecule has 0 radical (unpaired) electrons. The molecule has 3 heterocycles. The Morgan fingerprint density at radius 1 is 0.714 bits per heavy atom. The molecule has 0 aromatic carbocycles. The number of rotatable bonds is 29. The van der Waals surface area contributed by atoms with Gasteiger partial charge in [0.05, 0.1) is 104 Å². The Kier molecular flexibility index (Phi) is 37.9. The summed E-state index contributed by atoms with van der Waals surface area (Å²) in [4.78, 5) is 86.0. The molecule has 3 N–H and O–H groups in total. The first-order valence-corrected chi connectivity index (χ1v) is 33.2. The minimum absolute atomic E-state index is 0.00555. The van der Waals surface area contributed by atoms with Crippen LogP contribution in [0.5, 0.6) is 0 Å². The SMILES string of the molecule is CCOCCOCCOCCOCCOCCOCCOCCNC(=O)O[C@@H]1CC[C@@H](C[C@@H](C)[C@@H]2CC(=O)[C@H](C)/C=C(\C)[C@@H](O)[C@@H](OC)C(=O)[C@H](C)C[C@H](C)/C=C/C=C/C=C(\C)[C@@H](OC)C[C@@H]3CC[C@@H](C)[C@@](O)(O3)C(=O)C(=O)N3CCCC[C@H]3C(=O)O2)C[C@H]1OC.